The molecule has 0 aromatic heterocycles. The normalized spacial score (nSPS) is 10.5. The molecule has 8 nitrogen and oxygen atoms in total. The predicted molar refractivity (Wildman–Crippen MR) is 156 cm³/mol. The average molecular weight is 573 g/mol. The fourth-order valence-electron chi connectivity index (χ4n) is 3.84. The fourth-order valence-corrected chi connectivity index (χ4v) is 6.20. The average Bonchev–Trinajstić information content (AvgIpc) is 2.94. The lowest BCUT2D eigenvalue weighted by Crippen LogP contribution is -2.15. The van der Waals surface area contributed by atoms with Gasteiger partial charge >= 0.3 is 11.9 Å². The van der Waals surface area contributed by atoms with Crippen LogP contribution in [0.1, 0.15) is 31.8 Å². The van der Waals surface area contributed by atoms with Crippen molar-refractivity contribution >= 4 is 56.7 Å². The Morgan fingerprint density at radius 3 is 1.27 bits per heavy atom. The quantitative estimate of drug-likeness (QED) is 0.155. The number of carbonyl (C=O) groups excluding carboxylic acids is 2. The van der Waals surface area contributed by atoms with Crippen LogP contribution >= 0.6 is 21.6 Å². The Morgan fingerprint density at radius 1 is 0.525 bits per heavy atom. The predicted octanol–water partition coefficient (Wildman–Crippen LogP) is 6.24. The van der Waals surface area contributed by atoms with E-state index in [0.717, 1.165) is 0 Å². The lowest BCUT2D eigenvalue weighted by atomic mass is 10.1. The van der Waals surface area contributed by atoms with Gasteiger partial charge in [-0.05, 0) is 47.5 Å². The molecule has 0 radical (unpaired) electrons. The maximum Gasteiger partial charge on any atom is 0.307 e. The van der Waals surface area contributed by atoms with E-state index in [1.165, 1.54) is 21.6 Å². The van der Waals surface area contributed by atoms with Gasteiger partial charge in [-0.25, -0.2) is 0 Å². The minimum atomic E-state index is -0.998. The lowest BCUT2D eigenvalue weighted by molar-refractivity contribution is -0.137. The third-order valence-corrected chi connectivity index (χ3v) is 8.18. The largest absolute Gasteiger partial charge is 0.481 e. The Hall–Kier alpha value is -4.54. The summed E-state index contributed by atoms with van der Waals surface area (Å²) in [5.74, 6) is -2.77. The SMILES string of the molecule is O=C(O)Cc1ccccc1NC(=O)c1ccccc1SSc1ccccc1C(=O)Nc1ccccc1CC(=O)O. The van der Waals surface area contributed by atoms with Crippen LogP contribution in [0.2, 0.25) is 0 Å². The highest BCUT2D eigenvalue weighted by Gasteiger charge is 2.18. The highest BCUT2D eigenvalue weighted by Crippen LogP contribution is 2.41. The summed E-state index contributed by atoms with van der Waals surface area (Å²) in [6, 6.07) is 27.5. The van der Waals surface area contributed by atoms with Crippen molar-refractivity contribution in [3.8, 4) is 0 Å². The number of anilines is 2. The molecule has 0 spiro atoms. The summed E-state index contributed by atoms with van der Waals surface area (Å²) < 4.78 is 0. The minimum absolute atomic E-state index is 0.220. The van der Waals surface area contributed by atoms with Gasteiger partial charge in [0.1, 0.15) is 0 Å². The minimum Gasteiger partial charge on any atom is -0.481 e. The van der Waals surface area contributed by atoms with Gasteiger partial charge in [0.15, 0.2) is 0 Å². The highest BCUT2D eigenvalue weighted by molar-refractivity contribution is 8.76. The molecule has 202 valence electrons. The first-order chi connectivity index (χ1) is 19.3. The molecule has 4 aromatic rings. The topological polar surface area (TPSA) is 133 Å². The van der Waals surface area contributed by atoms with Crippen molar-refractivity contribution in [3.63, 3.8) is 0 Å². The maximum atomic E-state index is 13.2. The molecule has 10 heteroatoms. The van der Waals surface area contributed by atoms with Gasteiger partial charge in [-0.1, -0.05) is 82.3 Å². The van der Waals surface area contributed by atoms with Gasteiger partial charge in [-0.2, -0.15) is 0 Å². The van der Waals surface area contributed by atoms with E-state index in [4.69, 9.17) is 0 Å². The molecule has 0 fully saturated rings. The number of carbonyl (C=O) groups is 4. The molecule has 4 rings (SSSR count). The van der Waals surface area contributed by atoms with Crippen molar-refractivity contribution in [1.29, 1.82) is 0 Å². The first-order valence-corrected chi connectivity index (χ1v) is 14.2. The molecule has 0 saturated heterocycles. The summed E-state index contributed by atoms with van der Waals surface area (Å²) in [5.41, 5.74) is 2.63. The molecule has 4 aromatic carbocycles. The van der Waals surface area contributed by atoms with E-state index in [1.807, 2.05) is 0 Å². The van der Waals surface area contributed by atoms with E-state index < -0.39 is 11.9 Å². The Bertz CT molecular complexity index is 1460. The zero-order valence-electron chi connectivity index (χ0n) is 21.0. The lowest BCUT2D eigenvalue weighted by Gasteiger charge is -2.14. The number of aliphatic carboxylic acids is 2. The molecule has 0 bridgehead atoms. The van der Waals surface area contributed by atoms with E-state index in [1.54, 1.807) is 97.1 Å². The van der Waals surface area contributed by atoms with Crippen molar-refractivity contribution in [1.82, 2.24) is 0 Å². The third kappa shape index (κ3) is 7.52. The van der Waals surface area contributed by atoms with Crippen molar-refractivity contribution in [2.24, 2.45) is 0 Å². The molecular formula is C30H24N2O6S2. The molecule has 40 heavy (non-hydrogen) atoms. The molecule has 0 saturated carbocycles. The Morgan fingerprint density at radius 2 is 0.875 bits per heavy atom. The summed E-state index contributed by atoms with van der Waals surface area (Å²) in [7, 11) is 2.61. The second-order valence-corrected chi connectivity index (χ2v) is 10.7. The summed E-state index contributed by atoms with van der Waals surface area (Å²) in [5, 5.41) is 24.0. The zero-order chi connectivity index (χ0) is 28.5. The van der Waals surface area contributed by atoms with Crippen LogP contribution in [0.5, 0.6) is 0 Å². The number of hydrogen-bond acceptors (Lipinski definition) is 6. The van der Waals surface area contributed by atoms with Crippen molar-refractivity contribution in [2.45, 2.75) is 22.6 Å². The van der Waals surface area contributed by atoms with Crippen LogP contribution in [0.3, 0.4) is 0 Å². The monoisotopic (exact) mass is 572 g/mol. The smallest absolute Gasteiger partial charge is 0.307 e. The van der Waals surface area contributed by atoms with Gasteiger partial charge in [0.2, 0.25) is 0 Å². The number of nitrogens with one attached hydrogen (secondary N) is 2. The summed E-state index contributed by atoms with van der Waals surface area (Å²) in [6.07, 6.45) is -0.440. The molecule has 2 amide bonds. The number of benzene rings is 4. The summed E-state index contributed by atoms with van der Waals surface area (Å²) >= 11 is 0. The number of para-hydroxylation sites is 2. The van der Waals surface area contributed by atoms with E-state index in [0.29, 0.717) is 43.4 Å². The zero-order valence-corrected chi connectivity index (χ0v) is 22.6. The first kappa shape index (κ1) is 28.5. The number of amides is 2. The van der Waals surface area contributed by atoms with Crippen LogP contribution in [0.4, 0.5) is 11.4 Å². The van der Waals surface area contributed by atoms with Crippen LogP contribution in [0, 0.1) is 0 Å². The Balaban J connectivity index is 1.51. The van der Waals surface area contributed by atoms with Crippen LogP contribution in [-0.2, 0) is 22.4 Å². The second-order valence-electron chi connectivity index (χ2n) is 8.52. The van der Waals surface area contributed by atoms with Crippen LogP contribution in [0.25, 0.3) is 0 Å². The van der Waals surface area contributed by atoms with Gasteiger partial charge in [0, 0.05) is 21.2 Å². The molecule has 0 unspecified atom stereocenters. The third-order valence-electron chi connectivity index (χ3n) is 5.70. The summed E-state index contributed by atoms with van der Waals surface area (Å²) in [6.45, 7) is 0. The van der Waals surface area contributed by atoms with Gasteiger partial charge < -0.3 is 20.8 Å². The van der Waals surface area contributed by atoms with Crippen LogP contribution in [-0.4, -0.2) is 34.0 Å². The van der Waals surface area contributed by atoms with Crippen LogP contribution < -0.4 is 10.6 Å². The number of carboxylic acids is 2. The molecule has 0 aliphatic carbocycles. The van der Waals surface area contributed by atoms with Gasteiger partial charge in [0.05, 0.1) is 24.0 Å². The number of carboxylic acid groups (broad SMARTS) is 2. The fraction of sp³-hybridized carbons (Fsp3) is 0.0667. The Kier molecular flexibility index (Phi) is 9.61. The second kappa shape index (κ2) is 13.5. The first-order valence-electron chi connectivity index (χ1n) is 12.1. The van der Waals surface area contributed by atoms with Gasteiger partial charge in [-0.15, -0.1) is 0 Å². The van der Waals surface area contributed by atoms with Crippen molar-refractivity contribution in [3.05, 3.63) is 119 Å². The van der Waals surface area contributed by atoms with Crippen LogP contribution in [0.15, 0.2) is 107 Å². The Labute approximate surface area is 238 Å². The van der Waals surface area contributed by atoms with E-state index in [9.17, 15) is 29.4 Å². The van der Waals surface area contributed by atoms with Crippen molar-refractivity contribution < 1.29 is 29.4 Å². The number of rotatable bonds is 11. The molecule has 0 atom stereocenters. The summed E-state index contributed by atoms with van der Waals surface area (Å²) in [4.78, 5) is 50.1. The van der Waals surface area contributed by atoms with Gasteiger partial charge in [0.25, 0.3) is 11.8 Å². The molecule has 0 aliphatic rings. The molecular weight excluding hydrogens is 548 g/mol. The van der Waals surface area contributed by atoms with E-state index in [-0.39, 0.29) is 24.7 Å². The highest BCUT2D eigenvalue weighted by atomic mass is 33.1. The van der Waals surface area contributed by atoms with Crippen molar-refractivity contribution in [2.75, 3.05) is 10.6 Å². The molecule has 0 aliphatic heterocycles. The number of hydrogen-bond donors (Lipinski definition) is 4. The molecule has 0 heterocycles. The molecule has 4 N–H and O–H groups in total. The standard InChI is InChI=1S/C30H24N2O6S2/c33-27(34)17-19-9-1-5-13-23(19)31-29(37)21-11-3-7-15-25(21)39-40-26-16-8-4-12-22(26)30(38)32-24-14-6-2-10-20(24)18-28(35)36/h1-16H,17-18H2,(H,31,37)(H,32,38)(H,33,34)(H,35,36). The van der Waals surface area contributed by atoms with E-state index in [2.05, 4.69) is 10.6 Å². The van der Waals surface area contributed by atoms with E-state index >= 15 is 0 Å². The maximum absolute atomic E-state index is 13.2. The van der Waals surface area contributed by atoms with Gasteiger partial charge in [-0.3, -0.25) is 19.2 Å².